The molecule has 0 aromatic heterocycles. The van der Waals surface area contributed by atoms with Crippen LogP contribution in [-0.2, 0) is 33.6 Å². The second-order valence-electron chi connectivity index (χ2n) is 5.47. The highest BCUT2D eigenvalue weighted by atomic mass is 16.2. The molecule has 0 saturated heterocycles. The van der Waals surface area contributed by atoms with E-state index < -0.39 is 61.0 Å². The van der Waals surface area contributed by atoms with Gasteiger partial charge in [0.1, 0.15) is 0 Å². The molecular formula is C15H25N7O7. The molecule has 0 spiro atoms. The van der Waals surface area contributed by atoms with Gasteiger partial charge in [-0.05, 0) is 0 Å². The molecule has 7 amide bonds. The third-order valence-corrected chi connectivity index (χ3v) is 3.01. The van der Waals surface area contributed by atoms with Crippen molar-refractivity contribution < 1.29 is 33.6 Å². The highest BCUT2D eigenvalue weighted by molar-refractivity contribution is 5.92. The summed E-state index contributed by atoms with van der Waals surface area (Å²) in [5.74, 6) is -3.90. The Labute approximate surface area is 166 Å². The van der Waals surface area contributed by atoms with Gasteiger partial charge in [0.2, 0.25) is 41.4 Å². The Morgan fingerprint density at radius 3 is 0.931 bits per heavy atom. The minimum Gasteiger partial charge on any atom is -0.358 e. The van der Waals surface area contributed by atoms with Crippen molar-refractivity contribution in [2.24, 2.45) is 0 Å². The van der Waals surface area contributed by atoms with Crippen LogP contribution in [-0.4, -0.2) is 87.7 Å². The largest absolute Gasteiger partial charge is 0.358 e. The predicted octanol–water partition coefficient (Wildman–Crippen LogP) is -5.55. The van der Waals surface area contributed by atoms with Crippen molar-refractivity contribution in [1.82, 2.24) is 37.2 Å². The molecule has 0 unspecified atom stereocenters. The van der Waals surface area contributed by atoms with Crippen LogP contribution < -0.4 is 37.2 Å². The number of hydrogen-bond acceptors (Lipinski definition) is 7. The van der Waals surface area contributed by atoms with E-state index >= 15 is 0 Å². The minimum absolute atomic E-state index is 0.227. The van der Waals surface area contributed by atoms with Gasteiger partial charge < -0.3 is 37.2 Å². The lowest BCUT2D eigenvalue weighted by Gasteiger charge is -2.09. The third-order valence-electron chi connectivity index (χ3n) is 3.01. The zero-order valence-corrected chi connectivity index (χ0v) is 16.1. The maximum atomic E-state index is 11.6. The van der Waals surface area contributed by atoms with Crippen LogP contribution in [0.3, 0.4) is 0 Å². The van der Waals surface area contributed by atoms with E-state index in [1.165, 1.54) is 14.0 Å². The molecule has 0 fully saturated rings. The Morgan fingerprint density at radius 1 is 0.448 bits per heavy atom. The Hall–Kier alpha value is -3.71. The van der Waals surface area contributed by atoms with Crippen molar-refractivity contribution in [3.63, 3.8) is 0 Å². The van der Waals surface area contributed by atoms with E-state index in [9.17, 15) is 33.6 Å². The molecule has 14 nitrogen and oxygen atoms in total. The fourth-order valence-electron chi connectivity index (χ4n) is 1.50. The summed E-state index contributed by atoms with van der Waals surface area (Å²) in [6.45, 7) is -0.887. The second-order valence-corrected chi connectivity index (χ2v) is 5.47. The maximum absolute atomic E-state index is 11.6. The molecule has 0 aromatic rings. The first-order chi connectivity index (χ1) is 13.6. The van der Waals surface area contributed by atoms with Gasteiger partial charge in [0, 0.05) is 14.0 Å². The van der Waals surface area contributed by atoms with E-state index in [1.807, 2.05) is 0 Å². The molecule has 0 heterocycles. The molecule has 7 N–H and O–H groups in total. The van der Waals surface area contributed by atoms with E-state index in [1.54, 1.807) is 0 Å². The molecule has 0 aliphatic heterocycles. The Kier molecular flexibility index (Phi) is 12.5. The highest BCUT2D eigenvalue weighted by Gasteiger charge is 2.10. The van der Waals surface area contributed by atoms with Crippen molar-refractivity contribution in [2.45, 2.75) is 6.92 Å². The molecule has 0 atom stereocenters. The van der Waals surface area contributed by atoms with Crippen molar-refractivity contribution in [2.75, 3.05) is 46.3 Å². The van der Waals surface area contributed by atoms with Gasteiger partial charge in [-0.1, -0.05) is 0 Å². The molecule has 162 valence electrons. The third kappa shape index (κ3) is 15.1. The zero-order valence-electron chi connectivity index (χ0n) is 16.1. The Morgan fingerprint density at radius 2 is 0.690 bits per heavy atom. The number of rotatable bonds is 12. The minimum atomic E-state index is -0.665. The van der Waals surface area contributed by atoms with Gasteiger partial charge in [-0.2, -0.15) is 0 Å². The normalized spacial score (nSPS) is 9.45. The van der Waals surface area contributed by atoms with Gasteiger partial charge >= 0.3 is 0 Å². The van der Waals surface area contributed by atoms with Gasteiger partial charge in [0.05, 0.1) is 39.3 Å². The molecule has 0 radical (unpaired) electrons. The summed E-state index contributed by atoms with van der Waals surface area (Å²) in [4.78, 5) is 78.8. The van der Waals surface area contributed by atoms with Crippen molar-refractivity contribution in [1.29, 1.82) is 0 Å². The second kappa shape index (κ2) is 14.4. The van der Waals surface area contributed by atoms with E-state index in [0.717, 1.165) is 0 Å². The number of amides is 7. The number of carbonyl (C=O) groups is 7. The van der Waals surface area contributed by atoms with Crippen LogP contribution in [0.25, 0.3) is 0 Å². The first-order valence-corrected chi connectivity index (χ1v) is 8.42. The van der Waals surface area contributed by atoms with Crippen LogP contribution in [0, 0.1) is 0 Å². The van der Waals surface area contributed by atoms with Crippen LogP contribution in [0.15, 0.2) is 0 Å². The van der Waals surface area contributed by atoms with Crippen LogP contribution in [0.2, 0.25) is 0 Å². The number of hydrogen-bond donors (Lipinski definition) is 7. The van der Waals surface area contributed by atoms with Gasteiger partial charge in [-0.15, -0.1) is 0 Å². The molecular weight excluding hydrogens is 390 g/mol. The number of nitrogens with one attached hydrogen (secondary N) is 7. The molecule has 0 aromatic carbocycles. The summed E-state index contributed by atoms with van der Waals surface area (Å²) in [5.41, 5.74) is 0. The topological polar surface area (TPSA) is 204 Å². The van der Waals surface area contributed by atoms with Crippen LogP contribution in [0.5, 0.6) is 0 Å². The Balaban J connectivity index is 3.86. The maximum Gasteiger partial charge on any atom is 0.239 e. The van der Waals surface area contributed by atoms with Gasteiger partial charge in [-0.3, -0.25) is 33.6 Å². The van der Waals surface area contributed by atoms with Crippen LogP contribution in [0.4, 0.5) is 0 Å². The molecule has 0 aliphatic carbocycles. The lowest BCUT2D eigenvalue weighted by atomic mass is 10.4. The fourth-order valence-corrected chi connectivity index (χ4v) is 1.50. The molecule has 14 heteroatoms. The smallest absolute Gasteiger partial charge is 0.239 e. The lowest BCUT2D eigenvalue weighted by Crippen LogP contribution is -2.46. The fraction of sp³-hybridized carbons (Fsp3) is 0.533. The summed E-state index contributed by atoms with van der Waals surface area (Å²) < 4.78 is 0. The molecule has 0 rings (SSSR count). The molecule has 0 saturated carbocycles. The lowest BCUT2D eigenvalue weighted by molar-refractivity contribution is -0.129. The summed E-state index contributed by atoms with van der Waals surface area (Å²) >= 11 is 0. The zero-order chi connectivity index (χ0) is 22.2. The first kappa shape index (κ1) is 25.3. The molecule has 0 aliphatic rings. The Bertz CT molecular complexity index is 651. The average Bonchev–Trinajstić information content (AvgIpc) is 2.69. The van der Waals surface area contributed by atoms with Gasteiger partial charge in [-0.25, -0.2) is 0 Å². The summed E-state index contributed by atoms with van der Waals surface area (Å²) in [6, 6.07) is 0. The van der Waals surface area contributed by atoms with Crippen LogP contribution in [0.1, 0.15) is 6.92 Å². The number of likely N-dealkylation sites (N-methyl/N-ethyl adjacent to an activating group) is 1. The molecule has 0 bridgehead atoms. The SMILES string of the molecule is CNC(=O)CNC(=O)CNC(=O)CNC(=O)CNC(=O)CNC(=O)CNC(C)=O. The first-order valence-electron chi connectivity index (χ1n) is 8.42. The van der Waals surface area contributed by atoms with Crippen molar-refractivity contribution >= 4 is 41.4 Å². The monoisotopic (exact) mass is 415 g/mol. The van der Waals surface area contributed by atoms with E-state index in [-0.39, 0.29) is 19.6 Å². The summed E-state index contributed by atoms with van der Waals surface area (Å²) in [5, 5.41) is 15.7. The quantitative estimate of drug-likeness (QED) is 0.164. The van der Waals surface area contributed by atoms with E-state index in [4.69, 9.17) is 0 Å². The summed E-state index contributed by atoms with van der Waals surface area (Å²) in [7, 11) is 1.41. The van der Waals surface area contributed by atoms with Gasteiger partial charge in [0.15, 0.2) is 0 Å². The van der Waals surface area contributed by atoms with Crippen molar-refractivity contribution in [3.8, 4) is 0 Å². The summed E-state index contributed by atoms with van der Waals surface area (Å²) in [6.07, 6.45) is 0. The van der Waals surface area contributed by atoms with Crippen LogP contribution >= 0.6 is 0 Å². The predicted molar refractivity (Wildman–Crippen MR) is 97.8 cm³/mol. The number of carbonyl (C=O) groups excluding carboxylic acids is 7. The van der Waals surface area contributed by atoms with Gasteiger partial charge in [0.25, 0.3) is 0 Å². The average molecular weight is 415 g/mol. The molecule has 29 heavy (non-hydrogen) atoms. The van der Waals surface area contributed by atoms with E-state index in [0.29, 0.717) is 0 Å². The standard InChI is InChI=1S/C15H25N7O7/c1-9(23)17-4-11(25)19-6-13(27)21-8-15(29)22-7-14(28)20-5-12(26)18-3-10(24)16-2/h3-8H2,1-2H3,(H,16,24)(H,17,23)(H,18,26)(H,19,25)(H,20,28)(H,21,27)(H,22,29). The van der Waals surface area contributed by atoms with E-state index in [2.05, 4.69) is 37.2 Å². The highest BCUT2D eigenvalue weighted by Crippen LogP contribution is 1.72. The van der Waals surface area contributed by atoms with Crippen molar-refractivity contribution in [3.05, 3.63) is 0 Å².